The van der Waals surface area contributed by atoms with Crippen LogP contribution in [-0.4, -0.2) is 37.7 Å². The fraction of sp³-hybridized carbons (Fsp3) is 0.350. The SMILES string of the molecule is c1ccc(Cn2cnnc2C2CCCN(Cc3ccccn3)C2)cc1. The van der Waals surface area contributed by atoms with E-state index in [0.29, 0.717) is 5.92 Å². The second kappa shape index (κ2) is 7.57. The smallest absolute Gasteiger partial charge is 0.137 e. The van der Waals surface area contributed by atoms with Gasteiger partial charge in [-0.1, -0.05) is 36.4 Å². The van der Waals surface area contributed by atoms with Crippen molar-refractivity contribution in [2.75, 3.05) is 13.1 Å². The molecule has 1 saturated heterocycles. The van der Waals surface area contributed by atoms with E-state index in [9.17, 15) is 0 Å². The van der Waals surface area contributed by atoms with Gasteiger partial charge in [0.25, 0.3) is 0 Å². The van der Waals surface area contributed by atoms with Gasteiger partial charge < -0.3 is 4.57 Å². The second-order valence-electron chi connectivity index (χ2n) is 6.70. The summed E-state index contributed by atoms with van der Waals surface area (Å²) in [5.41, 5.74) is 2.42. The number of benzene rings is 1. The second-order valence-corrected chi connectivity index (χ2v) is 6.70. The summed E-state index contributed by atoms with van der Waals surface area (Å²) in [5, 5.41) is 8.63. The van der Waals surface area contributed by atoms with Crippen LogP contribution in [0.2, 0.25) is 0 Å². The molecule has 0 N–H and O–H groups in total. The summed E-state index contributed by atoms with van der Waals surface area (Å²) in [4.78, 5) is 6.94. The lowest BCUT2D eigenvalue weighted by Crippen LogP contribution is -2.35. The Morgan fingerprint density at radius 2 is 1.88 bits per heavy atom. The predicted octanol–water partition coefficient (Wildman–Crippen LogP) is 3.10. The molecule has 0 amide bonds. The molecule has 0 bridgehead atoms. The molecule has 0 saturated carbocycles. The van der Waals surface area contributed by atoms with Gasteiger partial charge in [0, 0.05) is 25.2 Å². The Morgan fingerprint density at radius 3 is 2.72 bits per heavy atom. The fourth-order valence-electron chi connectivity index (χ4n) is 3.61. The highest BCUT2D eigenvalue weighted by atomic mass is 15.3. The number of nitrogens with zero attached hydrogens (tertiary/aromatic N) is 5. The molecule has 25 heavy (non-hydrogen) atoms. The number of piperidine rings is 1. The first kappa shape index (κ1) is 16.0. The molecular weight excluding hydrogens is 310 g/mol. The maximum atomic E-state index is 4.46. The summed E-state index contributed by atoms with van der Waals surface area (Å²) in [5.74, 6) is 1.54. The van der Waals surface area contributed by atoms with Crippen molar-refractivity contribution in [3.63, 3.8) is 0 Å². The maximum Gasteiger partial charge on any atom is 0.137 e. The fourth-order valence-corrected chi connectivity index (χ4v) is 3.61. The van der Waals surface area contributed by atoms with E-state index in [1.54, 1.807) is 0 Å². The van der Waals surface area contributed by atoms with E-state index < -0.39 is 0 Å². The molecule has 3 aromatic rings. The maximum absolute atomic E-state index is 4.46. The minimum Gasteiger partial charge on any atom is -0.313 e. The van der Waals surface area contributed by atoms with E-state index in [0.717, 1.165) is 37.7 Å². The van der Waals surface area contributed by atoms with E-state index in [2.05, 4.69) is 61.0 Å². The average Bonchev–Trinajstić information content (AvgIpc) is 3.12. The summed E-state index contributed by atoms with van der Waals surface area (Å²) in [7, 11) is 0. The van der Waals surface area contributed by atoms with Gasteiger partial charge in [0.15, 0.2) is 0 Å². The number of hydrogen-bond acceptors (Lipinski definition) is 4. The van der Waals surface area contributed by atoms with Gasteiger partial charge in [-0.25, -0.2) is 0 Å². The highest BCUT2D eigenvalue weighted by Gasteiger charge is 2.25. The molecule has 4 rings (SSSR count). The third kappa shape index (κ3) is 3.94. The van der Waals surface area contributed by atoms with E-state index in [1.165, 1.54) is 18.4 Å². The van der Waals surface area contributed by atoms with E-state index in [4.69, 9.17) is 0 Å². The molecule has 0 radical (unpaired) electrons. The largest absolute Gasteiger partial charge is 0.313 e. The Morgan fingerprint density at radius 1 is 1.00 bits per heavy atom. The Bertz CT molecular complexity index is 784. The molecule has 1 fully saturated rings. The van der Waals surface area contributed by atoms with E-state index in [1.807, 2.05) is 24.7 Å². The molecule has 1 atom stereocenters. The van der Waals surface area contributed by atoms with Crippen molar-refractivity contribution in [2.24, 2.45) is 0 Å². The summed E-state index contributed by atoms with van der Waals surface area (Å²) in [6, 6.07) is 16.6. The van der Waals surface area contributed by atoms with Gasteiger partial charge in [0.05, 0.1) is 12.2 Å². The zero-order valence-corrected chi connectivity index (χ0v) is 14.3. The molecule has 1 aliphatic heterocycles. The van der Waals surface area contributed by atoms with Gasteiger partial charge in [-0.05, 0) is 37.1 Å². The zero-order valence-electron chi connectivity index (χ0n) is 14.3. The molecular formula is C20H23N5. The molecule has 128 valence electrons. The summed E-state index contributed by atoms with van der Waals surface area (Å²) >= 11 is 0. The van der Waals surface area contributed by atoms with Crippen molar-refractivity contribution in [3.05, 3.63) is 78.1 Å². The van der Waals surface area contributed by atoms with Gasteiger partial charge in [-0.2, -0.15) is 0 Å². The van der Waals surface area contributed by atoms with Crippen LogP contribution >= 0.6 is 0 Å². The first-order chi connectivity index (χ1) is 12.4. The van der Waals surface area contributed by atoms with Crippen LogP contribution in [0.15, 0.2) is 61.1 Å². The lowest BCUT2D eigenvalue weighted by Gasteiger charge is -2.32. The molecule has 5 heteroatoms. The molecule has 5 nitrogen and oxygen atoms in total. The molecule has 0 aliphatic carbocycles. The van der Waals surface area contributed by atoms with Gasteiger partial charge in [-0.15, -0.1) is 10.2 Å². The predicted molar refractivity (Wildman–Crippen MR) is 97.1 cm³/mol. The first-order valence-corrected chi connectivity index (χ1v) is 8.92. The first-order valence-electron chi connectivity index (χ1n) is 8.92. The van der Waals surface area contributed by atoms with E-state index >= 15 is 0 Å². The van der Waals surface area contributed by atoms with Gasteiger partial charge in [0.2, 0.25) is 0 Å². The van der Waals surface area contributed by atoms with Crippen LogP contribution in [-0.2, 0) is 13.1 Å². The Balaban J connectivity index is 1.46. The molecule has 1 aromatic carbocycles. The van der Waals surface area contributed by atoms with Crippen LogP contribution in [0, 0.1) is 0 Å². The summed E-state index contributed by atoms with van der Waals surface area (Å²) < 4.78 is 2.20. The van der Waals surface area contributed by atoms with E-state index in [-0.39, 0.29) is 0 Å². The molecule has 0 spiro atoms. The van der Waals surface area contributed by atoms with Crippen LogP contribution in [0.25, 0.3) is 0 Å². The average molecular weight is 333 g/mol. The van der Waals surface area contributed by atoms with Crippen molar-refractivity contribution in [3.8, 4) is 0 Å². The Labute approximate surface area is 148 Å². The topological polar surface area (TPSA) is 46.8 Å². The van der Waals surface area contributed by atoms with Crippen LogP contribution in [0.1, 0.15) is 35.8 Å². The Hall–Kier alpha value is -2.53. The Kier molecular flexibility index (Phi) is 4.84. The zero-order chi connectivity index (χ0) is 16.9. The quantitative estimate of drug-likeness (QED) is 0.720. The lowest BCUT2D eigenvalue weighted by atomic mass is 9.97. The summed E-state index contributed by atoms with van der Waals surface area (Å²) in [6.07, 6.45) is 6.09. The lowest BCUT2D eigenvalue weighted by molar-refractivity contribution is 0.192. The molecule has 3 heterocycles. The third-order valence-electron chi connectivity index (χ3n) is 4.82. The van der Waals surface area contributed by atoms with Crippen LogP contribution < -0.4 is 0 Å². The minimum atomic E-state index is 0.434. The number of likely N-dealkylation sites (tertiary alicyclic amines) is 1. The molecule has 2 aromatic heterocycles. The molecule has 1 unspecified atom stereocenters. The normalized spacial score (nSPS) is 18.3. The van der Waals surface area contributed by atoms with Crippen molar-refractivity contribution in [2.45, 2.75) is 31.8 Å². The van der Waals surface area contributed by atoms with Crippen molar-refractivity contribution >= 4 is 0 Å². The standard InChI is InChI=1S/C20H23N5/c1-2-7-17(8-3-1)13-25-16-22-23-20(25)18-9-6-12-24(14-18)15-19-10-4-5-11-21-19/h1-5,7-8,10-11,16,18H,6,9,12-15H2. The van der Waals surface area contributed by atoms with Crippen molar-refractivity contribution in [1.82, 2.24) is 24.6 Å². The number of aromatic nitrogens is 4. The van der Waals surface area contributed by atoms with Crippen LogP contribution in [0.5, 0.6) is 0 Å². The molecule has 1 aliphatic rings. The minimum absolute atomic E-state index is 0.434. The highest BCUT2D eigenvalue weighted by molar-refractivity contribution is 5.16. The van der Waals surface area contributed by atoms with Gasteiger partial charge >= 0.3 is 0 Å². The highest BCUT2D eigenvalue weighted by Crippen LogP contribution is 2.26. The van der Waals surface area contributed by atoms with Crippen molar-refractivity contribution in [1.29, 1.82) is 0 Å². The summed E-state index contributed by atoms with van der Waals surface area (Å²) in [6.45, 7) is 3.88. The third-order valence-corrected chi connectivity index (χ3v) is 4.82. The number of pyridine rings is 1. The van der Waals surface area contributed by atoms with Gasteiger partial charge in [-0.3, -0.25) is 9.88 Å². The van der Waals surface area contributed by atoms with Crippen LogP contribution in [0.4, 0.5) is 0 Å². The monoisotopic (exact) mass is 333 g/mol. The number of rotatable bonds is 5. The van der Waals surface area contributed by atoms with Crippen LogP contribution in [0.3, 0.4) is 0 Å². The number of hydrogen-bond donors (Lipinski definition) is 0. The van der Waals surface area contributed by atoms with Gasteiger partial charge in [0.1, 0.15) is 12.2 Å². The van der Waals surface area contributed by atoms with Crippen molar-refractivity contribution < 1.29 is 0 Å².